The summed E-state index contributed by atoms with van der Waals surface area (Å²) in [7, 11) is 0. The Morgan fingerprint density at radius 2 is 1.23 bits per heavy atom. The van der Waals surface area contributed by atoms with Gasteiger partial charge in [-0.3, -0.25) is 9.59 Å². The lowest BCUT2D eigenvalue weighted by molar-refractivity contribution is -0.144. The van der Waals surface area contributed by atoms with Crippen LogP contribution in [0.4, 0.5) is 0 Å². The predicted octanol–water partition coefficient (Wildman–Crippen LogP) is 8.19. The summed E-state index contributed by atoms with van der Waals surface area (Å²) in [5, 5.41) is 0.736. The monoisotopic (exact) mass is 478 g/mol. The fraction of sp³-hybridized carbons (Fsp3) is 0.652. The van der Waals surface area contributed by atoms with Gasteiger partial charge in [0.2, 0.25) is 0 Å². The van der Waals surface area contributed by atoms with E-state index >= 15 is 0 Å². The van der Waals surface area contributed by atoms with E-state index in [0.29, 0.717) is 13.0 Å². The second kappa shape index (κ2) is 16.7. The maximum absolute atomic E-state index is 11.9. The Balaban J connectivity index is 2.02. The van der Waals surface area contributed by atoms with Crippen LogP contribution in [0.2, 0.25) is 15.1 Å². The molecule has 0 aliphatic heterocycles. The van der Waals surface area contributed by atoms with Crippen molar-refractivity contribution in [2.45, 2.75) is 90.4 Å². The Morgan fingerprint density at radius 1 is 0.700 bits per heavy atom. The summed E-state index contributed by atoms with van der Waals surface area (Å²) < 4.78 is 10.4. The third kappa shape index (κ3) is 12.7. The Labute approximate surface area is 195 Å². The highest BCUT2D eigenvalue weighted by Crippen LogP contribution is 2.34. The van der Waals surface area contributed by atoms with Gasteiger partial charge in [0.1, 0.15) is 0 Å². The summed E-state index contributed by atoms with van der Waals surface area (Å²) in [5.74, 6) is -0.622. The molecule has 0 heterocycles. The van der Waals surface area contributed by atoms with Crippen molar-refractivity contribution >= 4 is 46.7 Å². The number of hydrogen-bond donors (Lipinski definition) is 0. The van der Waals surface area contributed by atoms with E-state index in [1.807, 2.05) is 0 Å². The Kier molecular flexibility index (Phi) is 15.1. The van der Waals surface area contributed by atoms with Crippen molar-refractivity contribution in [2.75, 3.05) is 6.61 Å². The van der Waals surface area contributed by atoms with Crippen LogP contribution in [-0.4, -0.2) is 18.5 Å². The minimum Gasteiger partial charge on any atom is -0.466 e. The molecule has 0 saturated carbocycles. The lowest BCUT2D eigenvalue weighted by Crippen LogP contribution is -2.11. The number of esters is 2. The van der Waals surface area contributed by atoms with Gasteiger partial charge in [0.05, 0.1) is 21.7 Å². The Morgan fingerprint density at radius 3 is 1.87 bits per heavy atom. The zero-order valence-electron chi connectivity index (χ0n) is 17.8. The van der Waals surface area contributed by atoms with Crippen LogP contribution in [0, 0.1) is 0 Å². The van der Waals surface area contributed by atoms with Crippen molar-refractivity contribution in [2.24, 2.45) is 0 Å². The highest BCUT2D eigenvalue weighted by molar-refractivity contribution is 6.43. The molecular formula is C23H33Cl3O4. The molecule has 170 valence electrons. The topological polar surface area (TPSA) is 52.6 Å². The first-order chi connectivity index (χ1) is 14.4. The summed E-state index contributed by atoms with van der Waals surface area (Å²) in [4.78, 5) is 23.6. The van der Waals surface area contributed by atoms with Crippen molar-refractivity contribution in [3.63, 3.8) is 0 Å². The number of carbonyl (C=O) groups is 2. The SMILES string of the molecule is CCCCCCCCCCCCOC(=O)CCCC(=O)Oc1cc(Cl)c(Cl)cc1Cl. The maximum Gasteiger partial charge on any atom is 0.311 e. The minimum atomic E-state index is -0.488. The zero-order valence-corrected chi connectivity index (χ0v) is 20.1. The normalized spacial score (nSPS) is 10.8. The number of unbranched alkanes of at least 4 members (excludes halogenated alkanes) is 9. The molecule has 0 saturated heterocycles. The van der Waals surface area contributed by atoms with Crippen molar-refractivity contribution in [3.05, 3.63) is 27.2 Å². The molecule has 1 aromatic carbocycles. The number of rotatable bonds is 16. The number of carbonyl (C=O) groups excluding carboxylic acids is 2. The first-order valence-electron chi connectivity index (χ1n) is 10.9. The second-order valence-electron chi connectivity index (χ2n) is 7.43. The van der Waals surface area contributed by atoms with Crippen LogP contribution in [0.1, 0.15) is 90.4 Å². The first kappa shape index (κ1) is 27.1. The van der Waals surface area contributed by atoms with Crippen LogP contribution >= 0.6 is 34.8 Å². The van der Waals surface area contributed by atoms with Gasteiger partial charge < -0.3 is 9.47 Å². The molecule has 1 aromatic rings. The van der Waals surface area contributed by atoms with E-state index in [0.717, 1.165) is 12.8 Å². The highest BCUT2D eigenvalue weighted by Gasteiger charge is 2.12. The molecule has 0 amide bonds. The van der Waals surface area contributed by atoms with Crippen molar-refractivity contribution in [1.82, 2.24) is 0 Å². The molecule has 0 unspecified atom stereocenters. The summed E-state index contributed by atoms with van der Waals surface area (Å²) in [6.45, 7) is 2.68. The quantitative estimate of drug-likeness (QED) is 0.104. The van der Waals surface area contributed by atoms with Crippen LogP contribution in [0.25, 0.3) is 0 Å². The second-order valence-corrected chi connectivity index (χ2v) is 8.65. The van der Waals surface area contributed by atoms with Gasteiger partial charge in [0.25, 0.3) is 0 Å². The molecule has 1 rings (SSSR count). The van der Waals surface area contributed by atoms with Crippen LogP contribution in [-0.2, 0) is 14.3 Å². The molecule has 0 aliphatic carbocycles. The third-order valence-electron chi connectivity index (χ3n) is 4.72. The van der Waals surface area contributed by atoms with Crippen molar-refractivity contribution < 1.29 is 19.1 Å². The summed E-state index contributed by atoms with van der Waals surface area (Å²) in [5.41, 5.74) is 0. The van der Waals surface area contributed by atoms with Gasteiger partial charge in [0.15, 0.2) is 5.75 Å². The van der Waals surface area contributed by atoms with Crippen molar-refractivity contribution in [3.8, 4) is 5.75 Å². The smallest absolute Gasteiger partial charge is 0.311 e. The van der Waals surface area contributed by atoms with E-state index in [2.05, 4.69) is 6.92 Å². The molecule has 0 aromatic heterocycles. The highest BCUT2D eigenvalue weighted by atomic mass is 35.5. The van der Waals surface area contributed by atoms with Gasteiger partial charge in [0, 0.05) is 18.9 Å². The van der Waals surface area contributed by atoms with E-state index in [1.54, 1.807) is 0 Å². The minimum absolute atomic E-state index is 0.0872. The molecule has 0 radical (unpaired) electrons. The standard InChI is InChI=1S/C23H33Cl3O4/c1-2-3-4-5-6-7-8-9-10-11-15-29-22(27)13-12-14-23(28)30-21-17-19(25)18(24)16-20(21)26/h16-17H,2-15H2,1H3. The van der Waals surface area contributed by atoms with Gasteiger partial charge in [-0.25, -0.2) is 0 Å². The number of hydrogen-bond acceptors (Lipinski definition) is 4. The van der Waals surface area contributed by atoms with Crippen LogP contribution < -0.4 is 4.74 Å². The number of ether oxygens (including phenoxy) is 2. The van der Waals surface area contributed by atoms with Crippen LogP contribution in [0.3, 0.4) is 0 Å². The fourth-order valence-electron chi connectivity index (χ4n) is 2.98. The molecule has 7 heteroatoms. The lowest BCUT2D eigenvalue weighted by Gasteiger charge is -2.08. The summed E-state index contributed by atoms with van der Waals surface area (Å²) in [6.07, 6.45) is 13.0. The van der Waals surface area contributed by atoms with Gasteiger partial charge in [-0.2, -0.15) is 0 Å². The van der Waals surface area contributed by atoms with Crippen LogP contribution in [0.15, 0.2) is 12.1 Å². The summed E-state index contributed by atoms with van der Waals surface area (Å²) in [6, 6.07) is 2.81. The van der Waals surface area contributed by atoms with E-state index in [4.69, 9.17) is 44.3 Å². The molecule has 0 bridgehead atoms. The van der Waals surface area contributed by atoms with E-state index in [9.17, 15) is 9.59 Å². The van der Waals surface area contributed by atoms with Gasteiger partial charge in [-0.05, 0) is 18.9 Å². The lowest BCUT2D eigenvalue weighted by atomic mass is 10.1. The Hall–Kier alpha value is -0.970. The summed E-state index contributed by atoms with van der Waals surface area (Å²) >= 11 is 17.7. The van der Waals surface area contributed by atoms with Gasteiger partial charge >= 0.3 is 11.9 Å². The largest absolute Gasteiger partial charge is 0.466 e. The van der Waals surface area contributed by atoms with E-state index in [-0.39, 0.29) is 39.6 Å². The third-order valence-corrected chi connectivity index (χ3v) is 5.74. The zero-order chi connectivity index (χ0) is 22.2. The van der Waals surface area contributed by atoms with E-state index < -0.39 is 5.97 Å². The molecule has 0 fully saturated rings. The fourth-order valence-corrected chi connectivity index (χ4v) is 3.56. The number of benzene rings is 1. The molecule has 30 heavy (non-hydrogen) atoms. The molecule has 0 aliphatic rings. The van der Waals surface area contributed by atoms with E-state index in [1.165, 1.54) is 63.5 Å². The average Bonchev–Trinajstić information content (AvgIpc) is 2.70. The van der Waals surface area contributed by atoms with Crippen molar-refractivity contribution in [1.29, 1.82) is 0 Å². The van der Waals surface area contributed by atoms with Crippen LogP contribution in [0.5, 0.6) is 5.75 Å². The van der Waals surface area contributed by atoms with Gasteiger partial charge in [-0.1, -0.05) is 99.5 Å². The molecule has 4 nitrogen and oxygen atoms in total. The predicted molar refractivity (Wildman–Crippen MR) is 124 cm³/mol. The molecule has 0 atom stereocenters. The Bertz CT molecular complexity index is 650. The number of halogens is 3. The maximum atomic E-state index is 11.9. The molecular weight excluding hydrogens is 447 g/mol. The molecule has 0 spiro atoms. The average molecular weight is 480 g/mol. The first-order valence-corrected chi connectivity index (χ1v) is 12.1. The molecule has 0 N–H and O–H groups in total. The van der Waals surface area contributed by atoms with Gasteiger partial charge in [-0.15, -0.1) is 0 Å².